The van der Waals surface area contributed by atoms with Gasteiger partial charge < -0.3 is 14.8 Å². The fourth-order valence-electron chi connectivity index (χ4n) is 2.59. The van der Waals surface area contributed by atoms with E-state index in [-0.39, 0.29) is 0 Å². The minimum atomic E-state index is 0.694. The number of piperidine rings is 1. The Labute approximate surface area is 128 Å². The lowest BCUT2D eigenvalue weighted by Gasteiger charge is -2.31. The summed E-state index contributed by atoms with van der Waals surface area (Å²) < 4.78 is 11.4. The van der Waals surface area contributed by atoms with E-state index in [0.29, 0.717) is 6.04 Å². The van der Waals surface area contributed by atoms with Crippen LogP contribution in [-0.4, -0.2) is 50.8 Å². The van der Waals surface area contributed by atoms with Gasteiger partial charge in [-0.15, -0.1) is 0 Å². The van der Waals surface area contributed by atoms with Crippen LogP contribution in [0.15, 0.2) is 24.3 Å². The second-order valence-corrected chi connectivity index (χ2v) is 5.63. The van der Waals surface area contributed by atoms with E-state index in [0.717, 1.165) is 50.8 Å². The van der Waals surface area contributed by atoms with Crippen LogP contribution in [0.25, 0.3) is 0 Å². The molecule has 0 aliphatic carbocycles. The Morgan fingerprint density at radius 3 is 2.19 bits per heavy atom. The largest absolute Gasteiger partial charge is 0.494 e. The van der Waals surface area contributed by atoms with Crippen LogP contribution in [0.2, 0.25) is 0 Å². The van der Waals surface area contributed by atoms with Gasteiger partial charge in [0.05, 0.1) is 6.61 Å². The number of likely N-dealkylation sites (N-methyl/N-ethyl adjacent to an activating group) is 1. The molecule has 1 fully saturated rings. The molecule has 1 saturated heterocycles. The molecule has 0 radical (unpaired) electrons. The van der Waals surface area contributed by atoms with Crippen LogP contribution in [0.5, 0.6) is 11.5 Å². The Morgan fingerprint density at radius 1 is 1.05 bits per heavy atom. The molecule has 2 rings (SSSR count). The van der Waals surface area contributed by atoms with Gasteiger partial charge in [0.15, 0.2) is 0 Å². The van der Waals surface area contributed by atoms with E-state index in [2.05, 4.69) is 24.2 Å². The summed E-state index contributed by atoms with van der Waals surface area (Å²) >= 11 is 0. The molecule has 21 heavy (non-hydrogen) atoms. The molecule has 0 amide bonds. The first kappa shape index (κ1) is 16.1. The molecule has 1 aromatic rings. The van der Waals surface area contributed by atoms with Gasteiger partial charge in [-0.3, -0.25) is 4.90 Å². The summed E-state index contributed by atoms with van der Waals surface area (Å²) in [6, 6.07) is 8.60. The highest BCUT2D eigenvalue weighted by Gasteiger charge is 2.17. The molecule has 1 heterocycles. The van der Waals surface area contributed by atoms with Crippen molar-refractivity contribution in [2.75, 3.05) is 39.9 Å². The van der Waals surface area contributed by atoms with Gasteiger partial charge in [-0.1, -0.05) is 6.92 Å². The summed E-state index contributed by atoms with van der Waals surface area (Å²) in [7, 11) is 2.20. The molecule has 4 heteroatoms. The maximum absolute atomic E-state index is 5.81. The molecule has 0 saturated carbocycles. The van der Waals surface area contributed by atoms with Crippen molar-refractivity contribution in [3.63, 3.8) is 0 Å². The number of rotatable bonds is 8. The van der Waals surface area contributed by atoms with Crippen LogP contribution < -0.4 is 14.8 Å². The molecule has 0 atom stereocenters. The fraction of sp³-hybridized carbons (Fsp3) is 0.647. The molecule has 0 bridgehead atoms. The first-order valence-electron chi connectivity index (χ1n) is 8.06. The molecule has 1 aliphatic heterocycles. The molecule has 1 aromatic carbocycles. The van der Waals surface area contributed by atoms with Gasteiger partial charge in [0.25, 0.3) is 0 Å². The summed E-state index contributed by atoms with van der Waals surface area (Å²) in [4.78, 5) is 2.42. The molecule has 0 unspecified atom stereocenters. The lowest BCUT2D eigenvalue weighted by Crippen LogP contribution is -2.42. The SMILES string of the molecule is CCCOc1ccc(OCCN(C)C2CCNCC2)cc1. The molecular weight excluding hydrogens is 264 g/mol. The maximum Gasteiger partial charge on any atom is 0.119 e. The minimum absolute atomic E-state index is 0.694. The van der Waals surface area contributed by atoms with Crippen molar-refractivity contribution in [2.45, 2.75) is 32.2 Å². The molecular formula is C17H28N2O2. The number of benzene rings is 1. The highest BCUT2D eigenvalue weighted by atomic mass is 16.5. The van der Waals surface area contributed by atoms with Crippen molar-refractivity contribution in [1.29, 1.82) is 0 Å². The standard InChI is InChI=1S/C17H28N2O2/c1-3-13-20-16-4-6-17(7-5-16)21-14-12-19(2)15-8-10-18-11-9-15/h4-7,15,18H,3,8-14H2,1-2H3. The van der Waals surface area contributed by atoms with Gasteiger partial charge in [-0.05, 0) is 63.7 Å². The second kappa shape index (κ2) is 8.90. The number of hydrogen-bond donors (Lipinski definition) is 1. The zero-order valence-corrected chi connectivity index (χ0v) is 13.3. The van der Waals surface area contributed by atoms with E-state index in [4.69, 9.17) is 9.47 Å². The van der Waals surface area contributed by atoms with Crippen molar-refractivity contribution in [3.8, 4) is 11.5 Å². The van der Waals surface area contributed by atoms with E-state index in [1.807, 2.05) is 24.3 Å². The molecule has 1 aliphatic rings. The van der Waals surface area contributed by atoms with Crippen LogP contribution in [-0.2, 0) is 0 Å². The lowest BCUT2D eigenvalue weighted by molar-refractivity contribution is 0.165. The Morgan fingerprint density at radius 2 is 1.62 bits per heavy atom. The summed E-state index contributed by atoms with van der Waals surface area (Å²) in [6.07, 6.45) is 3.50. The van der Waals surface area contributed by atoms with E-state index in [9.17, 15) is 0 Å². The van der Waals surface area contributed by atoms with Crippen LogP contribution in [0.1, 0.15) is 26.2 Å². The van der Waals surface area contributed by atoms with Gasteiger partial charge in [0, 0.05) is 12.6 Å². The maximum atomic E-state index is 5.81. The number of nitrogens with one attached hydrogen (secondary N) is 1. The summed E-state index contributed by atoms with van der Waals surface area (Å²) in [6.45, 7) is 6.84. The Kier molecular flexibility index (Phi) is 6.83. The first-order valence-corrected chi connectivity index (χ1v) is 8.06. The quantitative estimate of drug-likeness (QED) is 0.798. The third-order valence-electron chi connectivity index (χ3n) is 3.94. The Bertz CT molecular complexity index is 388. The van der Waals surface area contributed by atoms with E-state index in [1.165, 1.54) is 12.8 Å². The van der Waals surface area contributed by atoms with Crippen molar-refractivity contribution in [1.82, 2.24) is 10.2 Å². The number of ether oxygens (including phenoxy) is 2. The Hall–Kier alpha value is -1.26. The third-order valence-corrected chi connectivity index (χ3v) is 3.94. The van der Waals surface area contributed by atoms with Crippen molar-refractivity contribution >= 4 is 0 Å². The Balaban J connectivity index is 1.67. The topological polar surface area (TPSA) is 33.7 Å². The predicted molar refractivity (Wildman–Crippen MR) is 86.2 cm³/mol. The molecule has 4 nitrogen and oxygen atoms in total. The highest BCUT2D eigenvalue weighted by Crippen LogP contribution is 2.18. The van der Waals surface area contributed by atoms with Crippen LogP contribution in [0, 0.1) is 0 Å². The lowest BCUT2D eigenvalue weighted by atomic mass is 10.1. The molecule has 0 aromatic heterocycles. The van der Waals surface area contributed by atoms with E-state index < -0.39 is 0 Å². The van der Waals surface area contributed by atoms with Crippen molar-refractivity contribution in [2.24, 2.45) is 0 Å². The molecule has 1 N–H and O–H groups in total. The van der Waals surface area contributed by atoms with Gasteiger partial charge in [-0.2, -0.15) is 0 Å². The van der Waals surface area contributed by atoms with Crippen molar-refractivity contribution in [3.05, 3.63) is 24.3 Å². The van der Waals surface area contributed by atoms with E-state index >= 15 is 0 Å². The zero-order valence-electron chi connectivity index (χ0n) is 13.3. The zero-order chi connectivity index (χ0) is 14.9. The fourth-order valence-corrected chi connectivity index (χ4v) is 2.59. The van der Waals surface area contributed by atoms with Crippen molar-refractivity contribution < 1.29 is 9.47 Å². The first-order chi connectivity index (χ1) is 10.3. The summed E-state index contributed by atoms with van der Waals surface area (Å²) in [5.41, 5.74) is 0. The van der Waals surface area contributed by atoms with Gasteiger partial charge >= 0.3 is 0 Å². The monoisotopic (exact) mass is 292 g/mol. The van der Waals surface area contributed by atoms with Gasteiger partial charge in [-0.25, -0.2) is 0 Å². The predicted octanol–water partition coefficient (Wildman–Crippen LogP) is 2.54. The minimum Gasteiger partial charge on any atom is -0.494 e. The van der Waals surface area contributed by atoms with Crippen LogP contribution in [0.4, 0.5) is 0 Å². The second-order valence-electron chi connectivity index (χ2n) is 5.63. The summed E-state index contributed by atoms with van der Waals surface area (Å²) in [5.74, 6) is 1.83. The highest BCUT2D eigenvalue weighted by molar-refractivity contribution is 5.31. The van der Waals surface area contributed by atoms with E-state index in [1.54, 1.807) is 0 Å². The van der Waals surface area contributed by atoms with Gasteiger partial charge in [0.1, 0.15) is 18.1 Å². The third kappa shape index (κ3) is 5.56. The molecule has 118 valence electrons. The van der Waals surface area contributed by atoms with Crippen LogP contribution in [0.3, 0.4) is 0 Å². The number of hydrogen-bond acceptors (Lipinski definition) is 4. The average molecular weight is 292 g/mol. The number of nitrogens with zero attached hydrogens (tertiary/aromatic N) is 1. The normalized spacial score (nSPS) is 16.1. The molecule has 0 spiro atoms. The smallest absolute Gasteiger partial charge is 0.119 e. The average Bonchev–Trinajstić information content (AvgIpc) is 2.55. The van der Waals surface area contributed by atoms with Crippen LogP contribution >= 0.6 is 0 Å². The van der Waals surface area contributed by atoms with Gasteiger partial charge in [0.2, 0.25) is 0 Å². The summed E-state index contributed by atoms with van der Waals surface area (Å²) in [5, 5.41) is 3.40.